The SMILES string of the molecule is COc1ccc(NC(=O)N2CCN(c3ccc(Nc4ccccn4)nn3)CC2)cc1Cl. The van der Waals surface area contributed by atoms with Gasteiger partial charge in [0.2, 0.25) is 0 Å². The predicted octanol–water partition coefficient (Wildman–Crippen LogP) is 3.63. The highest BCUT2D eigenvalue weighted by molar-refractivity contribution is 6.32. The van der Waals surface area contributed by atoms with Gasteiger partial charge < -0.3 is 25.2 Å². The summed E-state index contributed by atoms with van der Waals surface area (Å²) < 4.78 is 5.13. The van der Waals surface area contributed by atoms with Crippen molar-refractivity contribution in [1.29, 1.82) is 0 Å². The number of aromatic nitrogens is 3. The maximum Gasteiger partial charge on any atom is 0.321 e. The lowest BCUT2D eigenvalue weighted by atomic mass is 10.3. The molecule has 9 nitrogen and oxygen atoms in total. The Morgan fingerprint density at radius 3 is 2.52 bits per heavy atom. The number of methoxy groups -OCH3 is 1. The number of amides is 2. The van der Waals surface area contributed by atoms with Crippen LogP contribution in [0.5, 0.6) is 5.75 Å². The predicted molar refractivity (Wildman–Crippen MR) is 120 cm³/mol. The molecule has 3 aromatic rings. The van der Waals surface area contributed by atoms with Crippen LogP contribution >= 0.6 is 11.6 Å². The Balaban J connectivity index is 1.30. The first kappa shape index (κ1) is 20.7. The summed E-state index contributed by atoms with van der Waals surface area (Å²) in [5.41, 5.74) is 0.625. The Morgan fingerprint density at radius 1 is 1.03 bits per heavy atom. The molecule has 0 unspecified atom stereocenters. The highest BCUT2D eigenvalue weighted by Crippen LogP contribution is 2.27. The molecular weight excluding hydrogens is 418 g/mol. The number of anilines is 4. The van der Waals surface area contributed by atoms with Crippen LogP contribution in [-0.2, 0) is 0 Å². The average molecular weight is 440 g/mol. The molecule has 2 aromatic heterocycles. The third-order valence-electron chi connectivity index (χ3n) is 4.87. The van der Waals surface area contributed by atoms with Crippen LogP contribution in [0.25, 0.3) is 0 Å². The van der Waals surface area contributed by atoms with E-state index in [-0.39, 0.29) is 6.03 Å². The van der Waals surface area contributed by atoms with E-state index in [1.54, 1.807) is 36.4 Å². The number of piperazine rings is 1. The van der Waals surface area contributed by atoms with E-state index >= 15 is 0 Å². The Morgan fingerprint density at radius 2 is 1.87 bits per heavy atom. The molecule has 1 fully saturated rings. The van der Waals surface area contributed by atoms with Crippen molar-refractivity contribution in [2.45, 2.75) is 0 Å². The number of hydrogen-bond donors (Lipinski definition) is 2. The number of pyridine rings is 1. The summed E-state index contributed by atoms with van der Waals surface area (Å²) in [6, 6.07) is 14.4. The molecule has 0 aliphatic carbocycles. The summed E-state index contributed by atoms with van der Waals surface area (Å²) in [6.45, 7) is 2.48. The van der Waals surface area contributed by atoms with Gasteiger partial charge >= 0.3 is 6.03 Å². The number of nitrogens with zero attached hydrogens (tertiary/aromatic N) is 5. The van der Waals surface area contributed by atoms with Crippen LogP contribution in [0.1, 0.15) is 0 Å². The molecule has 0 atom stereocenters. The average Bonchev–Trinajstić information content (AvgIpc) is 2.80. The monoisotopic (exact) mass is 439 g/mol. The van der Waals surface area contributed by atoms with Crippen LogP contribution in [0, 0.1) is 0 Å². The molecule has 1 aliphatic heterocycles. The Bertz CT molecular complexity index is 1030. The van der Waals surface area contributed by atoms with E-state index in [1.165, 1.54) is 0 Å². The van der Waals surface area contributed by atoms with Gasteiger partial charge in [-0.25, -0.2) is 9.78 Å². The van der Waals surface area contributed by atoms with Crippen molar-refractivity contribution in [3.8, 4) is 5.75 Å². The highest BCUT2D eigenvalue weighted by atomic mass is 35.5. The minimum absolute atomic E-state index is 0.165. The summed E-state index contributed by atoms with van der Waals surface area (Å²) in [6.07, 6.45) is 1.71. The van der Waals surface area contributed by atoms with Crippen LogP contribution in [0.4, 0.5) is 27.9 Å². The Kier molecular flexibility index (Phi) is 6.32. The number of hydrogen-bond acceptors (Lipinski definition) is 7. The topological polar surface area (TPSA) is 95.5 Å². The standard InChI is InChI=1S/C21H22ClN7O2/c1-31-17-6-5-15(14-16(17)22)24-21(30)29-12-10-28(11-13-29)20-8-7-19(26-27-20)25-18-4-2-3-9-23-18/h2-9,14H,10-13H2,1H3,(H,24,30)(H,23,25,26). The van der Waals surface area contributed by atoms with Gasteiger partial charge in [0.1, 0.15) is 11.6 Å². The van der Waals surface area contributed by atoms with Gasteiger partial charge in [-0.15, -0.1) is 10.2 Å². The van der Waals surface area contributed by atoms with E-state index in [9.17, 15) is 4.79 Å². The van der Waals surface area contributed by atoms with Crippen molar-refractivity contribution in [2.24, 2.45) is 0 Å². The number of rotatable bonds is 5. The molecule has 1 aromatic carbocycles. The summed E-state index contributed by atoms with van der Waals surface area (Å²) in [7, 11) is 1.55. The van der Waals surface area contributed by atoms with Crippen molar-refractivity contribution < 1.29 is 9.53 Å². The zero-order chi connectivity index (χ0) is 21.6. The number of carbonyl (C=O) groups is 1. The lowest BCUT2D eigenvalue weighted by Crippen LogP contribution is -2.50. The molecule has 0 radical (unpaired) electrons. The maximum absolute atomic E-state index is 12.6. The van der Waals surface area contributed by atoms with Crippen molar-refractivity contribution in [3.05, 3.63) is 59.8 Å². The first-order valence-electron chi connectivity index (χ1n) is 9.78. The molecule has 0 saturated carbocycles. The molecule has 1 aliphatic rings. The van der Waals surface area contributed by atoms with Crippen LogP contribution in [0.3, 0.4) is 0 Å². The second-order valence-electron chi connectivity index (χ2n) is 6.87. The van der Waals surface area contributed by atoms with Crippen LogP contribution in [0.15, 0.2) is 54.7 Å². The van der Waals surface area contributed by atoms with Gasteiger partial charge in [-0.05, 0) is 42.5 Å². The molecule has 1 saturated heterocycles. The molecular formula is C21H22ClN7O2. The van der Waals surface area contributed by atoms with Gasteiger partial charge in [0, 0.05) is 38.1 Å². The van der Waals surface area contributed by atoms with E-state index < -0.39 is 0 Å². The lowest BCUT2D eigenvalue weighted by molar-refractivity contribution is 0.208. The summed E-state index contributed by atoms with van der Waals surface area (Å²) >= 11 is 6.12. The zero-order valence-electron chi connectivity index (χ0n) is 17.0. The molecule has 10 heteroatoms. The van der Waals surface area contributed by atoms with Crippen LogP contribution in [0.2, 0.25) is 5.02 Å². The molecule has 31 heavy (non-hydrogen) atoms. The summed E-state index contributed by atoms with van der Waals surface area (Å²) in [4.78, 5) is 20.6. The first-order chi connectivity index (χ1) is 15.1. The number of carbonyl (C=O) groups excluding carboxylic acids is 1. The van der Waals surface area contributed by atoms with E-state index in [1.807, 2.05) is 30.3 Å². The van der Waals surface area contributed by atoms with E-state index in [0.29, 0.717) is 54.3 Å². The van der Waals surface area contributed by atoms with Crippen LogP contribution in [-0.4, -0.2) is 59.4 Å². The molecule has 160 valence electrons. The van der Waals surface area contributed by atoms with Gasteiger partial charge in [0.05, 0.1) is 12.1 Å². The van der Waals surface area contributed by atoms with Gasteiger partial charge in [-0.2, -0.15) is 0 Å². The largest absolute Gasteiger partial charge is 0.495 e. The zero-order valence-corrected chi connectivity index (χ0v) is 17.7. The minimum Gasteiger partial charge on any atom is -0.495 e. The van der Waals surface area contributed by atoms with Gasteiger partial charge in [-0.1, -0.05) is 17.7 Å². The van der Waals surface area contributed by atoms with E-state index in [4.69, 9.17) is 16.3 Å². The number of benzene rings is 1. The molecule has 0 bridgehead atoms. The smallest absolute Gasteiger partial charge is 0.321 e. The molecule has 2 amide bonds. The van der Waals surface area contributed by atoms with Crippen LogP contribution < -0.4 is 20.3 Å². The maximum atomic E-state index is 12.6. The van der Waals surface area contributed by atoms with Crippen molar-refractivity contribution >= 4 is 40.8 Å². The normalized spacial score (nSPS) is 13.6. The number of halogens is 1. The summed E-state index contributed by atoms with van der Waals surface area (Å²) in [5, 5.41) is 15.0. The van der Waals surface area contributed by atoms with Gasteiger partial charge in [0.15, 0.2) is 11.6 Å². The van der Waals surface area contributed by atoms with E-state index in [0.717, 1.165) is 5.82 Å². The molecule has 4 rings (SSSR count). The Hall–Kier alpha value is -3.59. The molecule has 0 spiro atoms. The lowest BCUT2D eigenvalue weighted by Gasteiger charge is -2.35. The molecule has 3 heterocycles. The van der Waals surface area contributed by atoms with Gasteiger partial charge in [-0.3, -0.25) is 0 Å². The quantitative estimate of drug-likeness (QED) is 0.626. The second-order valence-corrected chi connectivity index (χ2v) is 7.28. The third-order valence-corrected chi connectivity index (χ3v) is 5.16. The third kappa shape index (κ3) is 5.13. The van der Waals surface area contributed by atoms with E-state index in [2.05, 4.69) is 30.7 Å². The summed E-state index contributed by atoms with van der Waals surface area (Å²) in [5.74, 6) is 2.67. The first-order valence-corrected chi connectivity index (χ1v) is 10.2. The number of ether oxygens (including phenoxy) is 1. The Labute approximate surface area is 185 Å². The second kappa shape index (κ2) is 9.48. The van der Waals surface area contributed by atoms with Crippen molar-refractivity contribution in [1.82, 2.24) is 20.1 Å². The highest BCUT2D eigenvalue weighted by Gasteiger charge is 2.22. The fourth-order valence-corrected chi connectivity index (χ4v) is 3.47. The number of nitrogens with one attached hydrogen (secondary N) is 2. The van der Waals surface area contributed by atoms with Gasteiger partial charge in [0.25, 0.3) is 0 Å². The van der Waals surface area contributed by atoms with Crippen molar-refractivity contribution in [2.75, 3.05) is 48.8 Å². The number of urea groups is 1. The fraction of sp³-hybridized carbons (Fsp3) is 0.238. The minimum atomic E-state index is -0.165. The molecule has 2 N–H and O–H groups in total. The van der Waals surface area contributed by atoms with Crippen molar-refractivity contribution in [3.63, 3.8) is 0 Å². The fourth-order valence-electron chi connectivity index (χ4n) is 3.21.